The van der Waals surface area contributed by atoms with Gasteiger partial charge in [0.15, 0.2) is 0 Å². The highest BCUT2D eigenvalue weighted by molar-refractivity contribution is 6.30. The van der Waals surface area contributed by atoms with Crippen LogP contribution >= 0.6 is 11.6 Å². The molecule has 104 valence electrons. The van der Waals surface area contributed by atoms with Gasteiger partial charge in [-0.15, -0.1) is 0 Å². The van der Waals surface area contributed by atoms with E-state index in [1.54, 1.807) is 24.3 Å². The summed E-state index contributed by atoms with van der Waals surface area (Å²) < 4.78 is 13.0. The van der Waals surface area contributed by atoms with Crippen molar-refractivity contribution >= 4 is 17.5 Å². The van der Waals surface area contributed by atoms with Crippen molar-refractivity contribution in [2.24, 2.45) is 0 Å². The third-order valence-electron chi connectivity index (χ3n) is 2.82. The third-order valence-corrected chi connectivity index (χ3v) is 3.11. The molecule has 0 aliphatic carbocycles. The fourth-order valence-corrected chi connectivity index (χ4v) is 1.95. The van der Waals surface area contributed by atoms with Crippen LogP contribution in [-0.4, -0.2) is 11.0 Å². The SMILES string of the molecule is O=C(Cc1ccccc1O)NCc1ccc(F)c(Cl)c1. The number of benzene rings is 2. The molecular formula is C15H13ClFNO2. The number of hydrogen-bond donors (Lipinski definition) is 2. The first-order valence-corrected chi connectivity index (χ1v) is 6.41. The van der Waals surface area contributed by atoms with Crippen LogP contribution in [0.1, 0.15) is 11.1 Å². The summed E-state index contributed by atoms with van der Waals surface area (Å²) >= 11 is 5.66. The molecule has 5 heteroatoms. The van der Waals surface area contributed by atoms with E-state index in [4.69, 9.17) is 11.6 Å². The maximum absolute atomic E-state index is 13.0. The van der Waals surface area contributed by atoms with Gasteiger partial charge in [-0.05, 0) is 23.8 Å². The minimum absolute atomic E-state index is 0.0254. The van der Waals surface area contributed by atoms with Gasteiger partial charge >= 0.3 is 0 Å². The van der Waals surface area contributed by atoms with E-state index in [1.807, 2.05) is 0 Å². The van der Waals surface area contributed by atoms with Crippen LogP contribution in [0, 0.1) is 5.82 Å². The Morgan fingerprint density at radius 3 is 2.70 bits per heavy atom. The lowest BCUT2D eigenvalue weighted by molar-refractivity contribution is -0.120. The second kappa shape index (κ2) is 6.39. The second-order valence-corrected chi connectivity index (χ2v) is 4.74. The smallest absolute Gasteiger partial charge is 0.224 e. The minimum Gasteiger partial charge on any atom is -0.508 e. The Balaban J connectivity index is 1.92. The average Bonchev–Trinajstić information content (AvgIpc) is 2.43. The fraction of sp³-hybridized carbons (Fsp3) is 0.133. The number of amides is 1. The summed E-state index contributed by atoms with van der Waals surface area (Å²) in [7, 11) is 0. The summed E-state index contributed by atoms with van der Waals surface area (Å²) in [5, 5.41) is 12.3. The van der Waals surface area contributed by atoms with Crippen LogP contribution in [0.15, 0.2) is 42.5 Å². The van der Waals surface area contributed by atoms with Gasteiger partial charge in [0, 0.05) is 12.1 Å². The first-order valence-electron chi connectivity index (χ1n) is 6.04. The van der Waals surface area contributed by atoms with E-state index in [2.05, 4.69) is 5.32 Å². The molecule has 0 bridgehead atoms. The Labute approximate surface area is 121 Å². The Kier molecular flexibility index (Phi) is 4.58. The maximum Gasteiger partial charge on any atom is 0.224 e. The van der Waals surface area contributed by atoms with Crippen molar-refractivity contribution in [1.29, 1.82) is 0 Å². The number of para-hydroxylation sites is 1. The molecule has 0 aromatic heterocycles. The summed E-state index contributed by atoms with van der Waals surface area (Å²) in [5.74, 6) is -0.629. The van der Waals surface area contributed by atoms with E-state index in [0.717, 1.165) is 0 Å². The van der Waals surface area contributed by atoms with Crippen molar-refractivity contribution in [3.8, 4) is 5.75 Å². The van der Waals surface area contributed by atoms with Crippen LogP contribution in [0.3, 0.4) is 0 Å². The van der Waals surface area contributed by atoms with E-state index in [-0.39, 0.29) is 29.6 Å². The van der Waals surface area contributed by atoms with Crippen molar-refractivity contribution in [3.63, 3.8) is 0 Å². The highest BCUT2D eigenvalue weighted by atomic mass is 35.5. The summed E-state index contributed by atoms with van der Waals surface area (Å²) in [4.78, 5) is 11.8. The van der Waals surface area contributed by atoms with Crippen LogP contribution in [0.25, 0.3) is 0 Å². The Morgan fingerprint density at radius 1 is 1.25 bits per heavy atom. The van der Waals surface area contributed by atoms with Gasteiger partial charge in [-0.2, -0.15) is 0 Å². The van der Waals surface area contributed by atoms with Crippen LogP contribution in [0.2, 0.25) is 5.02 Å². The number of aromatic hydroxyl groups is 1. The van der Waals surface area contributed by atoms with E-state index < -0.39 is 5.82 Å². The van der Waals surface area contributed by atoms with E-state index in [1.165, 1.54) is 18.2 Å². The quantitative estimate of drug-likeness (QED) is 0.910. The molecule has 2 N–H and O–H groups in total. The molecule has 20 heavy (non-hydrogen) atoms. The largest absolute Gasteiger partial charge is 0.508 e. The molecule has 0 radical (unpaired) electrons. The Bertz CT molecular complexity index is 631. The molecule has 0 saturated carbocycles. The number of hydrogen-bond acceptors (Lipinski definition) is 2. The van der Waals surface area contributed by atoms with E-state index in [9.17, 15) is 14.3 Å². The average molecular weight is 294 g/mol. The number of carbonyl (C=O) groups is 1. The number of nitrogens with one attached hydrogen (secondary N) is 1. The molecule has 0 fully saturated rings. The van der Waals surface area contributed by atoms with Gasteiger partial charge in [-0.3, -0.25) is 4.79 Å². The number of phenols is 1. The number of phenolic OH excluding ortho intramolecular Hbond substituents is 1. The standard InChI is InChI=1S/C15H13ClFNO2/c16-12-7-10(5-6-13(12)17)9-18-15(20)8-11-3-1-2-4-14(11)19/h1-7,19H,8-9H2,(H,18,20). The zero-order valence-electron chi connectivity index (χ0n) is 10.6. The molecule has 0 saturated heterocycles. The van der Waals surface area contributed by atoms with Gasteiger partial charge in [0.05, 0.1) is 11.4 Å². The first kappa shape index (κ1) is 14.3. The van der Waals surface area contributed by atoms with Crippen LogP contribution < -0.4 is 5.32 Å². The molecule has 0 heterocycles. The van der Waals surface area contributed by atoms with E-state index >= 15 is 0 Å². The highest BCUT2D eigenvalue weighted by Crippen LogP contribution is 2.17. The molecule has 2 aromatic carbocycles. The second-order valence-electron chi connectivity index (χ2n) is 4.33. The van der Waals surface area contributed by atoms with Gasteiger partial charge in [0.25, 0.3) is 0 Å². The predicted octanol–water partition coefficient (Wildman–Crippen LogP) is 3.04. The lowest BCUT2D eigenvalue weighted by Crippen LogP contribution is -2.24. The monoisotopic (exact) mass is 293 g/mol. The predicted molar refractivity (Wildman–Crippen MR) is 75.1 cm³/mol. The lowest BCUT2D eigenvalue weighted by Gasteiger charge is -2.07. The van der Waals surface area contributed by atoms with Gasteiger partial charge in [0.2, 0.25) is 5.91 Å². The summed E-state index contributed by atoms with van der Waals surface area (Å²) in [6, 6.07) is 10.9. The fourth-order valence-electron chi connectivity index (χ4n) is 1.75. The molecule has 0 aliphatic rings. The van der Waals surface area contributed by atoms with Crippen molar-refractivity contribution in [1.82, 2.24) is 5.32 Å². The van der Waals surface area contributed by atoms with Gasteiger partial charge < -0.3 is 10.4 Å². The molecule has 3 nitrogen and oxygen atoms in total. The Morgan fingerprint density at radius 2 is 2.00 bits per heavy atom. The molecule has 0 unspecified atom stereocenters. The maximum atomic E-state index is 13.0. The van der Waals surface area contributed by atoms with Gasteiger partial charge in [-0.25, -0.2) is 4.39 Å². The van der Waals surface area contributed by atoms with Crippen molar-refractivity contribution in [2.75, 3.05) is 0 Å². The summed E-state index contributed by atoms with van der Waals surface area (Å²) in [5.41, 5.74) is 1.27. The highest BCUT2D eigenvalue weighted by Gasteiger charge is 2.07. The number of rotatable bonds is 4. The van der Waals surface area contributed by atoms with Gasteiger partial charge in [-0.1, -0.05) is 35.9 Å². The van der Waals surface area contributed by atoms with Crippen molar-refractivity contribution in [2.45, 2.75) is 13.0 Å². The van der Waals surface area contributed by atoms with Gasteiger partial charge in [0.1, 0.15) is 11.6 Å². The van der Waals surface area contributed by atoms with Crippen LogP contribution in [0.5, 0.6) is 5.75 Å². The molecule has 1 amide bonds. The molecular weight excluding hydrogens is 281 g/mol. The number of halogens is 2. The normalized spacial score (nSPS) is 10.3. The molecule has 2 rings (SSSR count). The zero-order chi connectivity index (χ0) is 14.5. The lowest BCUT2D eigenvalue weighted by atomic mass is 10.1. The summed E-state index contributed by atoms with van der Waals surface area (Å²) in [6.45, 7) is 0.256. The minimum atomic E-state index is -0.490. The van der Waals surface area contributed by atoms with Crippen molar-refractivity contribution < 1.29 is 14.3 Å². The summed E-state index contributed by atoms with van der Waals surface area (Å²) in [6.07, 6.45) is 0.0849. The molecule has 0 aliphatic heterocycles. The zero-order valence-corrected chi connectivity index (χ0v) is 11.3. The van der Waals surface area contributed by atoms with Crippen LogP contribution in [-0.2, 0) is 17.8 Å². The Hall–Kier alpha value is -2.07. The van der Waals surface area contributed by atoms with E-state index in [0.29, 0.717) is 11.1 Å². The third kappa shape index (κ3) is 3.71. The first-order chi connectivity index (χ1) is 9.56. The topological polar surface area (TPSA) is 49.3 Å². The molecule has 2 aromatic rings. The van der Waals surface area contributed by atoms with Crippen molar-refractivity contribution in [3.05, 3.63) is 64.4 Å². The van der Waals surface area contributed by atoms with Crippen LogP contribution in [0.4, 0.5) is 4.39 Å². The number of carbonyl (C=O) groups excluding carboxylic acids is 1. The molecule has 0 atom stereocenters. The molecule has 0 spiro atoms.